The van der Waals surface area contributed by atoms with Crippen molar-refractivity contribution in [2.45, 2.75) is 23.2 Å². The summed E-state index contributed by atoms with van der Waals surface area (Å²) in [7, 11) is 1.49. The summed E-state index contributed by atoms with van der Waals surface area (Å²) in [6.07, 6.45) is -3.12. The molecule has 4 aromatic rings. The third-order valence-electron chi connectivity index (χ3n) is 6.23. The molecule has 7 nitrogen and oxygen atoms in total. The first-order chi connectivity index (χ1) is 21.0. The van der Waals surface area contributed by atoms with E-state index in [2.05, 4.69) is 16.0 Å². The highest BCUT2D eigenvalue weighted by molar-refractivity contribution is 8.00. The molecule has 44 heavy (non-hydrogen) atoms. The molecule has 0 aromatic heterocycles. The van der Waals surface area contributed by atoms with Crippen LogP contribution in [0.4, 0.5) is 24.5 Å². The number of anilines is 2. The van der Waals surface area contributed by atoms with Crippen LogP contribution in [0.25, 0.3) is 6.08 Å². The van der Waals surface area contributed by atoms with E-state index in [1.165, 1.54) is 31.4 Å². The lowest BCUT2D eigenvalue weighted by molar-refractivity contribution is -0.137. The summed E-state index contributed by atoms with van der Waals surface area (Å²) in [5.74, 6) is -1.22. The Morgan fingerprint density at radius 3 is 2.25 bits per heavy atom. The zero-order valence-electron chi connectivity index (χ0n) is 23.6. The van der Waals surface area contributed by atoms with Crippen LogP contribution in [0, 0.1) is 0 Å². The molecule has 0 saturated heterocycles. The molecule has 0 aliphatic rings. The zero-order valence-corrected chi connectivity index (χ0v) is 24.5. The minimum atomic E-state index is -4.62. The van der Waals surface area contributed by atoms with Crippen LogP contribution in [0.5, 0.6) is 5.75 Å². The molecule has 0 aliphatic heterocycles. The second-order valence-electron chi connectivity index (χ2n) is 9.39. The number of methoxy groups -OCH3 is 1. The molecule has 11 heteroatoms. The number of hydrogen-bond acceptors (Lipinski definition) is 5. The topological polar surface area (TPSA) is 96.5 Å². The van der Waals surface area contributed by atoms with Crippen molar-refractivity contribution in [2.24, 2.45) is 0 Å². The summed E-state index contributed by atoms with van der Waals surface area (Å²) in [6, 6.07) is 26.8. The third kappa shape index (κ3) is 8.51. The molecular weight excluding hydrogens is 591 g/mol. The van der Waals surface area contributed by atoms with Gasteiger partial charge in [-0.05, 0) is 61.5 Å². The summed E-state index contributed by atoms with van der Waals surface area (Å²) in [5.41, 5.74) is -0.0242. The number of amides is 3. The van der Waals surface area contributed by atoms with Crippen LogP contribution >= 0.6 is 11.8 Å². The second kappa shape index (κ2) is 14.4. The van der Waals surface area contributed by atoms with Gasteiger partial charge in [0.05, 0.1) is 23.6 Å². The number of halogens is 3. The molecule has 3 amide bonds. The van der Waals surface area contributed by atoms with Gasteiger partial charge in [-0.15, -0.1) is 11.8 Å². The average Bonchev–Trinajstić information content (AvgIpc) is 3.01. The Bertz CT molecular complexity index is 1680. The van der Waals surface area contributed by atoms with E-state index in [0.29, 0.717) is 27.5 Å². The number of carbonyl (C=O) groups excluding carboxylic acids is 3. The van der Waals surface area contributed by atoms with Crippen molar-refractivity contribution in [1.29, 1.82) is 0 Å². The third-order valence-corrected chi connectivity index (χ3v) is 7.33. The number of alkyl halides is 3. The van der Waals surface area contributed by atoms with Gasteiger partial charge in [-0.2, -0.15) is 13.2 Å². The Labute approximate surface area is 256 Å². The number of nitrogens with one attached hydrogen (secondary N) is 3. The second-order valence-corrected chi connectivity index (χ2v) is 10.8. The number of benzene rings is 4. The molecule has 4 aromatic carbocycles. The molecule has 1 atom stereocenters. The molecule has 3 N–H and O–H groups in total. The van der Waals surface area contributed by atoms with Crippen LogP contribution in [0.15, 0.2) is 114 Å². The van der Waals surface area contributed by atoms with Gasteiger partial charge in [-0.1, -0.05) is 54.6 Å². The van der Waals surface area contributed by atoms with E-state index in [9.17, 15) is 27.6 Å². The van der Waals surface area contributed by atoms with Crippen molar-refractivity contribution in [3.8, 4) is 5.75 Å². The number of rotatable bonds is 10. The Kier molecular flexibility index (Phi) is 10.5. The number of thioether (sulfide) groups is 1. The molecule has 0 fully saturated rings. The Morgan fingerprint density at radius 2 is 1.52 bits per heavy atom. The molecule has 1 unspecified atom stereocenters. The highest BCUT2D eigenvalue weighted by Crippen LogP contribution is 2.35. The van der Waals surface area contributed by atoms with Gasteiger partial charge >= 0.3 is 6.18 Å². The highest BCUT2D eigenvalue weighted by Gasteiger charge is 2.34. The van der Waals surface area contributed by atoms with Crippen LogP contribution in [-0.4, -0.2) is 30.1 Å². The fraction of sp³-hybridized carbons (Fsp3) is 0.121. The van der Waals surface area contributed by atoms with E-state index in [0.717, 1.165) is 17.8 Å². The summed E-state index contributed by atoms with van der Waals surface area (Å²) in [5, 5.41) is 7.02. The summed E-state index contributed by atoms with van der Waals surface area (Å²) >= 11 is 1.10. The van der Waals surface area contributed by atoms with Gasteiger partial charge in [-0.25, -0.2) is 0 Å². The lowest BCUT2D eigenvalue weighted by Gasteiger charge is -2.16. The maximum Gasteiger partial charge on any atom is 0.418 e. The first kappa shape index (κ1) is 31.9. The Balaban J connectivity index is 1.51. The summed E-state index contributed by atoms with van der Waals surface area (Å²) in [6.45, 7) is 1.56. The van der Waals surface area contributed by atoms with Crippen molar-refractivity contribution in [3.05, 3.63) is 126 Å². The molecule has 0 saturated carbocycles. The lowest BCUT2D eigenvalue weighted by Crippen LogP contribution is -2.30. The van der Waals surface area contributed by atoms with Crippen molar-refractivity contribution in [2.75, 3.05) is 17.7 Å². The molecule has 226 valence electrons. The van der Waals surface area contributed by atoms with E-state index in [1.807, 2.05) is 0 Å². The van der Waals surface area contributed by atoms with Crippen molar-refractivity contribution >= 4 is 46.9 Å². The first-order valence-electron chi connectivity index (χ1n) is 13.3. The fourth-order valence-electron chi connectivity index (χ4n) is 4.06. The maximum absolute atomic E-state index is 13.4. The van der Waals surface area contributed by atoms with Crippen molar-refractivity contribution < 1.29 is 32.3 Å². The largest absolute Gasteiger partial charge is 0.496 e. The lowest BCUT2D eigenvalue weighted by atomic mass is 10.1. The van der Waals surface area contributed by atoms with Gasteiger partial charge in [0, 0.05) is 21.7 Å². The number of para-hydroxylation sites is 2. The minimum Gasteiger partial charge on any atom is -0.496 e. The quantitative estimate of drug-likeness (QED) is 0.128. The van der Waals surface area contributed by atoms with Gasteiger partial charge in [0.25, 0.3) is 11.8 Å². The van der Waals surface area contributed by atoms with Crippen LogP contribution in [0.1, 0.15) is 28.4 Å². The zero-order chi connectivity index (χ0) is 31.7. The molecule has 0 radical (unpaired) electrons. The Hall–Kier alpha value is -5.03. The summed E-state index contributed by atoms with van der Waals surface area (Å²) < 4.78 is 45.4. The molecule has 4 rings (SSSR count). The van der Waals surface area contributed by atoms with E-state index in [4.69, 9.17) is 4.74 Å². The van der Waals surface area contributed by atoms with Crippen LogP contribution in [-0.2, 0) is 15.8 Å². The fourth-order valence-corrected chi connectivity index (χ4v) is 4.99. The van der Waals surface area contributed by atoms with Crippen LogP contribution in [0.2, 0.25) is 0 Å². The molecule has 0 bridgehead atoms. The van der Waals surface area contributed by atoms with Crippen LogP contribution in [0.3, 0.4) is 0 Å². The normalized spacial score (nSPS) is 12.2. The minimum absolute atomic E-state index is 0.0440. The average molecular weight is 620 g/mol. The predicted octanol–water partition coefficient (Wildman–Crippen LogP) is 7.24. The van der Waals surface area contributed by atoms with Crippen molar-refractivity contribution in [3.63, 3.8) is 0 Å². The summed E-state index contributed by atoms with van der Waals surface area (Å²) in [4.78, 5) is 39.7. The molecular formula is C33H28F3N3O4S. The van der Waals surface area contributed by atoms with Gasteiger partial charge in [-0.3, -0.25) is 14.4 Å². The monoisotopic (exact) mass is 619 g/mol. The molecule has 0 aliphatic carbocycles. The molecule has 0 heterocycles. The van der Waals surface area contributed by atoms with E-state index >= 15 is 0 Å². The maximum atomic E-state index is 13.4. The Morgan fingerprint density at radius 1 is 0.841 bits per heavy atom. The van der Waals surface area contributed by atoms with Gasteiger partial charge in [0.15, 0.2) is 0 Å². The standard InChI is InChI=1S/C33H28F3N3O4S/c1-21(30(40)38-27-17-8-7-16-26(27)33(34,35)36)44-25-15-10-14-24(20-25)37-32(42)28(19-23-13-6-9-18-29(23)43-2)39-31(41)22-11-4-3-5-12-22/h3-21H,1-2H3,(H,37,42)(H,38,40)(H,39,41)/b28-19+. The number of hydrogen-bond donors (Lipinski definition) is 3. The molecule has 0 spiro atoms. The van der Waals surface area contributed by atoms with E-state index < -0.39 is 34.7 Å². The van der Waals surface area contributed by atoms with E-state index in [1.54, 1.807) is 85.8 Å². The highest BCUT2D eigenvalue weighted by atomic mass is 32.2. The van der Waals surface area contributed by atoms with Gasteiger partial charge in [0.2, 0.25) is 5.91 Å². The van der Waals surface area contributed by atoms with Gasteiger partial charge in [0.1, 0.15) is 11.4 Å². The predicted molar refractivity (Wildman–Crippen MR) is 165 cm³/mol. The van der Waals surface area contributed by atoms with Gasteiger partial charge < -0.3 is 20.7 Å². The SMILES string of the molecule is COc1ccccc1/C=C(/NC(=O)c1ccccc1)C(=O)Nc1cccc(SC(C)C(=O)Nc2ccccc2C(F)(F)F)c1. The van der Waals surface area contributed by atoms with Crippen molar-refractivity contribution in [1.82, 2.24) is 5.32 Å². The smallest absolute Gasteiger partial charge is 0.418 e. The van der Waals surface area contributed by atoms with Crippen LogP contribution < -0.4 is 20.7 Å². The van der Waals surface area contributed by atoms with E-state index in [-0.39, 0.29) is 11.4 Å². The number of carbonyl (C=O) groups is 3. The number of ether oxygens (including phenoxy) is 1. The first-order valence-corrected chi connectivity index (χ1v) is 14.2.